The smallest absolute Gasteiger partial charge is 0.222 e. The van der Waals surface area contributed by atoms with Gasteiger partial charge in [0.1, 0.15) is 0 Å². The molecule has 3 nitrogen and oxygen atoms in total. The minimum absolute atomic E-state index is 0.358. The first-order valence-electron chi connectivity index (χ1n) is 6.80. The van der Waals surface area contributed by atoms with Gasteiger partial charge in [0, 0.05) is 31.1 Å². The molecule has 2 aliphatic heterocycles. The molecular weight excluding hydrogens is 200 g/mol. The quantitative estimate of drug-likeness (QED) is 0.791. The van der Waals surface area contributed by atoms with Crippen LogP contribution in [-0.2, 0) is 4.79 Å². The lowest BCUT2D eigenvalue weighted by Gasteiger charge is -2.37. The lowest BCUT2D eigenvalue weighted by Crippen LogP contribution is -2.50. The third kappa shape index (κ3) is 2.40. The van der Waals surface area contributed by atoms with E-state index in [4.69, 9.17) is 0 Å². The Morgan fingerprint density at radius 1 is 1.25 bits per heavy atom. The van der Waals surface area contributed by atoms with Crippen molar-refractivity contribution in [3.05, 3.63) is 0 Å². The fourth-order valence-corrected chi connectivity index (χ4v) is 3.28. The van der Waals surface area contributed by atoms with Crippen molar-refractivity contribution in [3.63, 3.8) is 0 Å². The number of amides is 1. The van der Waals surface area contributed by atoms with Crippen LogP contribution in [0.5, 0.6) is 0 Å². The second-order valence-electron chi connectivity index (χ2n) is 5.19. The minimum atomic E-state index is 0.358. The van der Waals surface area contributed by atoms with Crippen molar-refractivity contribution < 1.29 is 4.79 Å². The molecule has 1 amide bonds. The zero-order valence-corrected chi connectivity index (χ0v) is 10.5. The van der Waals surface area contributed by atoms with Crippen molar-refractivity contribution in [3.8, 4) is 0 Å². The van der Waals surface area contributed by atoms with Crippen molar-refractivity contribution in [1.29, 1.82) is 0 Å². The molecule has 2 saturated heterocycles. The molecule has 16 heavy (non-hydrogen) atoms. The first-order valence-corrected chi connectivity index (χ1v) is 6.80. The minimum Gasteiger partial charge on any atom is -0.340 e. The molecule has 0 aromatic rings. The van der Waals surface area contributed by atoms with Crippen molar-refractivity contribution in [2.75, 3.05) is 6.54 Å². The molecule has 3 heteroatoms. The summed E-state index contributed by atoms with van der Waals surface area (Å²) >= 11 is 0. The number of rotatable bonds is 4. The molecule has 2 fully saturated rings. The maximum absolute atomic E-state index is 12.0. The van der Waals surface area contributed by atoms with Crippen LogP contribution in [-0.4, -0.2) is 35.5 Å². The maximum atomic E-state index is 12.0. The van der Waals surface area contributed by atoms with Crippen molar-refractivity contribution in [2.24, 2.45) is 0 Å². The maximum Gasteiger partial charge on any atom is 0.222 e. The highest BCUT2D eigenvalue weighted by atomic mass is 16.2. The topological polar surface area (TPSA) is 32.3 Å². The molecule has 0 radical (unpaired) electrons. The average Bonchev–Trinajstić information content (AvgIpc) is 2.59. The van der Waals surface area contributed by atoms with Gasteiger partial charge in [0.25, 0.3) is 0 Å². The monoisotopic (exact) mass is 224 g/mol. The van der Waals surface area contributed by atoms with E-state index in [0.29, 0.717) is 30.5 Å². The Labute approximate surface area is 98.6 Å². The van der Waals surface area contributed by atoms with E-state index in [1.54, 1.807) is 0 Å². The Hall–Kier alpha value is -0.570. The predicted molar refractivity (Wildman–Crippen MR) is 65.3 cm³/mol. The second kappa shape index (κ2) is 5.17. The SMILES string of the molecule is CCCC(=O)N(CC)C1CC2CCC(C1)N2. The van der Waals surface area contributed by atoms with Crippen molar-refractivity contribution >= 4 is 5.91 Å². The van der Waals surface area contributed by atoms with Crippen LogP contribution >= 0.6 is 0 Å². The third-order valence-electron chi connectivity index (χ3n) is 4.01. The van der Waals surface area contributed by atoms with E-state index in [2.05, 4.69) is 24.1 Å². The van der Waals surface area contributed by atoms with Gasteiger partial charge in [-0.2, -0.15) is 0 Å². The van der Waals surface area contributed by atoms with E-state index in [1.165, 1.54) is 25.7 Å². The number of nitrogens with one attached hydrogen (secondary N) is 1. The fourth-order valence-electron chi connectivity index (χ4n) is 3.28. The summed E-state index contributed by atoms with van der Waals surface area (Å²) in [5, 5.41) is 3.63. The molecule has 0 aliphatic carbocycles. The number of carbonyl (C=O) groups is 1. The van der Waals surface area contributed by atoms with Gasteiger partial charge in [0.05, 0.1) is 0 Å². The highest BCUT2D eigenvalue weighted by Crippen LogP contribution is 2.30. The normalized spacial score (nSPS) is 32.8. The molecule has 2 heterocycles. The summed E-state index contributed by atoms with van der Waals surface area (Å²) in [6.07, 6.45) is 6.63. The van der Waals surface area contributed by atoms with Crippen LogP contribution in [0.3, 0.4) is 0 Å². The fraction of sp³-hybridized carbons (Fsp3) is 0.923. The van der Waals surface area contributed by atoms with Gasteiger partial charge >= 0.3 is 0 Å². The first-order chi connectivity index (χ1) is 7.74. The average molecular weight is 224 g/mol. The van der Waals surface area contributed by atoms with Crippen LogP contribution in [0.2, 0.25) is 0 Å². The largest absolute Gasteiger partial charge is 0.340 e. The summed E-state index contributed by atoms with van der Waals surface area (Å²) in [7, 11) is 0. The number of hydrogen-bond donors (Lipinski definition) is 1. The molecule has 2 aliphatic rings. The number of hydrogen-bond acceptors (Lipinski definition) is 2. The van der Waals surface area contributed by atoms with E-state index in [-0.39, 0.29) is 0 Å². The van der Waals surface area contributed by atoms with Crippen LogP contribution < -0.4 is 5.32 Å². The summed E-state index contributed by atoms with van der Waals surface area (Å²) in [5.41, 5.74) is 0. The summed E-state index contributed by atoms with van der Waals surface area (Å²) in [4.78, 5) is 14.1. The Kier molecular flexibility index (Phi) is 3.85. The van der Waals surface area contributed by atoms with E-state index in [0.717, 1.165) is 13.0 Å². The Morgan fingerprint density at radius 2 is 1.88 bits per heavy atom. The van der Waals surface area contributed by atoms with E-state index < -0.39 is 0 Å². The zero-order chi connectivity index (χ0) is 11.5. The van der Waals surface area contributed by atoms with Crippen LogP contribution in [0, 0.1) is 0 Å². The van der Waals surface area contributed by atoms with Gasteiger partial charge in [-0.3, -0.25) is 4.79 Å². The van der Waals surface area contributed by atoms with Crippen molar-refractivity contribution in [2.45, 2.75) is 70.5 Å². The van der Waals surface area contributed by atoms with Gasteiger partial charge in [-0.15, -0.1) is 0 Å². The van der Waals surface area contributed by atoms with Crippen molar-refractivity contribution in [1.82, 2.24) is 10.2 Å². The van der Waals surface area contributed by atoms with E-state index in [1.807, 2.05) is 0 Å². The third-order valence-corrected chi connectivity index (χ3v) is 4.01. The number of carbonyl (C=O) groups excluding carboxylic acids is 1. The van der Waals surface area contributed by atoms with Crippen LogP contribution in [0.25, 0.3) is 0 Å². The molecule has 0 aromatic carbocycles. The van der Waals surface area contributed by atoms with Gasteiger partial charge in [-0.25, -0.2) is 0 Å². The zero-order valence-electron chi connectivity index (χ0n) is 10.5. The molecule has 0 aromatic heterocycles. The molecule has 2 bridgehead atoms. The van der Waals surface area contributed by atoms with E-state index >= 15 is 0 Å². The molecule has 0 spiro atoms. The van der Waals surface area contributed by atoms with Crippen LogP contribution in [0.15, 0.2) is 0 Å². The molecule has 1 N–H and O–H groups in total. The molecule has 2 rings (SSSR count). The van der Waals surface area contributed by atoms with Gasteiger partial charge in [-0.1, -0.05) is 6.92 Å². The highest BCUT2D eigenvalue weighted by molar-refractivity contribution is 5.76. The second-order valence-corrected chi connectivity index (χ2v) is 5.19. The summed E-state index contributed by atoms with van der Waals surface area (Å²) in [6.45, 7) is 5.07. The predicted octanol–water partition coefficient (Wildman–Crippen LogP) is 1.92. The molecule has 0 saturated carbocycles. The van der Waals surface area contributed by atoms with Gasteiger partial charge < -0.3 is 10.2 Å². The lowest BCUT2D eigenvalue weighted by molar-refractivity contribution is -0.134. The highest BCUT2D eigenvalue weighted by Gasteiger charge is 2.36. The van der Waals surface area contributed by atoms with Gasteiger partial charge in [0.2, 0.25) is 5.91 Å². The summed E-state index contributed by atoms with van der Waals surface area (Å²) in [5.74, 6) is 0.358. The lowest BCUT2D eigenvalue weighted by atomic mass is 9.97. The first kappa shape index (κ1) is 11.9. The molecule has 2 atom stereocenters. The standard InChI is InChI=1S/C13H24N2O/c1-3-5-13(16)15(4-2)12-8-10-6-7-11(9-12)14-10/h10-12,14H,3-9H2,1-2H3. The Balaban J connectivity index is 1.96. The van der Waals surface area contributed by atoms with Crippen LogP contribution in [0.4, 0.5) is 0 Å². The Bertz CT molecular complexity index is 242. The molecule has 2 unspecified atom stereocenters. The molecule has 92 valence electrons. The van der Waals surface area contributed by atoms with E-state index in [9.17, 15) is 4.79 Å². The Morgan fingerprint density at radius 3 is 2.38 bits per heavy atom. The van der Waals surface area contributed by atoms with Gasteiger partial charge in [0.15, 0.2) is 0 Å². The van der Waals surface area contributed by atoms with Gasteiger partial charge in [-0.05, 0) is 39.0 Å². The number of piperidine rings is 1. The molecular formula is C13H24N2O. The van der Waals surface area contributed by atoms with Crippen LogP contribution in [0.1, 0.15) is 52.4 Å². The summed E-state index contributed by atoms with van der Waals surface area (Å²) < 4.78 is 0. The summed E-state index contributed by atoms with van der Waals surface area (Å²) in [6, 6.07) is 1.85. The number of nitrogens with zero attached hydrogens (tertiary/aromatic N) is 1. The number of fused-ring (bicyclic) bond motifs is 2.